The smallest absolute Gasteiger partial charge is 0.151 e. The van der Waals surface area contributed by atoms with Gasteiger partial charge in [0.1, 0.15) is 5.65 Å². The molecule has 0 amide bonds. The predicted molar refractivity (Wildman–Crippen MR) is 44.0 cm³/mol. The molecule has 0 saturated heterocycles. The lowest BCUT2D eigenvalue weighted by atomic mass is 10.2. The van der Waals surface area contributed by atoms with E-state index in [9.17, 15) is 4.39 Å². The SMILES string of the molecule is C#Cc1cnc2[nH]ccc2c1F. The van der Waals surface area contributed by atoms with Crippen molar-refractivity contribution in [2.24, 2.45) is 0 Å². The Morgan fingerprint density at radius 2 is 2.42 bits per heavy atom. The van der Waals surface area contributed by atoms with Crippen molar-refractivity contribution < 1.29 is 4.39 Å². The fraction of sp³-hybridized carbons (Fsp3) is 0. The van der Waals surface area contributed by atoms with Crippen LogP contribution in [0.25, 0.3) is 11.0 Å². The molecule has 0 saturated carbocycles. The van der Waals surface area contributed by atoms with E-state index in [0.29, 0.717) is 11.0 Å². The highest BCUT2D eigenvalue weighted by molar-refractivity contribution is 5.77. The highest BCUT2D eigenvalue weighted by atomic mass is 19.1. The summed E-state index contributed by atoms with van der Waals surface area (Å²) in [6.45, 7) is 0. The number of hydrogen-bond acceptors (Lipinski definition) is 1. The first-order valence-corrected chi connectivity index (χ1v) is 3.41. The molecule has 2 aromatic heterocycles. The van der Waals surface area contributed by atoms with Crippen molar-refractivity contribution >= 4 is 11.0 Å². The molecule has 2 rings (SSSR count). The van der Waals surface area contributed by atoms with Crippen LogP contribution in [0.5, 0.6) is 0 Å². The second-order valence-corrected chi connectivity index (χ2v) is 2.37. The molecular formula is C9H5FN2. The summed E-state index contributed by atoms with van der Waals surface area (Å²) in [5.41, 5.74) is 0.716. The van der Waals surface area contributed by atoms with Crippen LogP contribution < -0.4 is 0 Å². The molecule has 0 atom stereocenters. The third-order valence-corrected chi connectivity index (χ3v) is 1.68. The Morgan fingerprint density at radius 3 is 3.17 bits per heavy atom. The fourth-order valence-electron chi connectivity index (χ4n) is 1.08. The van der Waals surface area contributed by atoms with Crippen LogP contribution in [0.15, 0.2) is 18.5 Å². The Morgan fingerprint density at radius 1 is 1.58 bits per heavy atom. The first-order chi connectivity index (χ1) is 5.83. The molecule has 0 aliphatic rings. The normalized spacial score (nSPS) is 10.0. The number of nitrogens with zero attached hydrogens (tertiary/aromatic N) is 1. The van der Waals surface area contributed by atoms with Gasteiger partial charge in [0.25, 0.3) is 0 Å². The van der Waals surface area contributed by atoms with E-state index >= 15 is 0 Å². The molecule has 0 spiro atoms. The molecule has 0 fully saturated rings. The Kier molecular flexibility index (Phi) is 1.34. The van der Waals surface area contributed by atoms with Crippen LogP contribution in [0.3, 0.4) is 0 Å². The van der Waals surface area contributed by atoms with Gasteiger partial charge >= 0.3 is 0 Å². The Bertz CT molecular complexity index is 465. The average Bonchev–Trinajstić information content (AvgIpc) is 2.53. The van der Waals surface area contributed by atoms with Crippen LogP contribution >= 0.6 is 0 Å². The molecule has 0 bridgehead atoms. The number of rotatable bonds is 0. The summed E-state index contributed by atoms with van der Waals surface area (Å²) < 4.78 is 13.3. The summed E-state index contributed by atoms with van der Waals surface area (Å²) in [7, 11) is 0. The standard InChI is InChI=1S/C9H5FN2/c1-2-6-5-12-9-7(8(6)10)3-4-11-9/h1,3-5H,(H,11,12). The first kappa shape index (κ1) is 6.86. The van der Waals surface area contributed by atoms with E-state index in [1.807, 2.05) is 0 Å². The van der Waals surface area contributed by atoms with Gasteiger partial charge in [-0.05, 0) is 6.07 Å². The van der Waals surface area contributed by atoms with E-state index in [2.05, 4.69) is 15.9 Å². The quantitative estimate of drug-likeness (QED) is 0.583. The third kappa shape index (κ3) is 0.785. The molecule has 12 heavy (non-hydrogen) atoms. The van der Waals surface area contributed by atoms with E-state index < -0.39 is 0 Å². The van der Waals surface area contributed by atoms with Gasteiger partial charge in [-0.15, -0.1) is 6.42 Å². The maximum atomic E-state index is 13.3. The summed E-state index contributed by atoms with van der Waals surface area (Å²) in [5, 5.41) is 0.436. The van der Waals surface area contributed by atoms with Crippen molar-refractivity contribution in [1.29, 1.82) is 0 Å². The van der Waals surface area contributed by atoms with Crippen LogP contribution in [0.2, 0.25) is 0 Å². The van der Waals surface area contributed by atoms with Crippen LogP contribution in [0.4, 0.5) is 4.39 Å². The van der Waals surface area contributed by atoms with Gasteiger partial charge in [0, 0.05) is 12.4 Å². The van der Waals surface area contributed by atoms with Crippen molar-refractivity contribution in [3.8, 4) is 12.3 Å². The van der Waals surface area contributed by atoms with Crippen molar-refractivity contribution in [2.75, 3.05) is 0 Å². The predicted octanol–water partition coefficient (Wildman–Crippen LogP) is 1.68. The average molecular weight is 160 g/mol. The zero-order valence-corrected chi connectivity index (χ0v) is 6.13. The van der Waals surface area contributed by atoms with Gasteiger partial charge < -0.3 is 4.98 Å². The summed E-state index contributed by atoms with van der Waals surface area (Å²) in [5.74, 6) is 1.84. The Hall–Kier alpha value is -1.82. The van der Waals surface area contributed by atoms with Crippen molar-refractivity contribution in [3.05, 3.63) is 29.8 Å². The van der Waals surface area contributed by atoms with Gasteiger partial charge in [0.2, 0.25) is 0 Å². The third-order valence-electron chi connectivity index (χ3n) is 1.68. The zero-order valence-electron chi connectivity index (χ0n) is 6.13. The van der Waals surface area contributed by atoms with E-state index in [4.69, 9.17) is 6.42 Å². The molecule has 0 unspecified atom stereocenters. The lowest BCUT2D eigenvalue weighted by molar-refractivity contribution is 0.635. The van der Waals surface area contributed by atoms with Crippen molar-refractivity contribution in [1.82, 2.24) is 9.97 Å². The van der Waals surface area contributed by atoms with Gasteiger partial charge in [-0.3, -0.25) is 0 Å². The van der Waals surface area contributed by atoms with Crippen LogP contribution in [-0.2, 0) is 0 Å². The topological polar surface area (TPSA) is 28.7 Å². The summed E-state index contributed by atoms with van der Waals surface area (Å²) in [6, 6.07) is 1.61. The molecule has 0 radical (unpaired) electrons. The lowest BCUT2D eigenvalue weighted by Gasteiger charge is -1.94. The number of terminal acetylenes is 1. The van der Waals surface area contributed by atoms with E-state index in [1.165, 1.54) is 6.20 Å². The van der Waals surface area contributed by atoms with E-state index in [-0.39, 0.29) is 11.4 Å². The number of aromatic amines is 1. The van der Waals surface area contributed by atoms with Crippen LogP contribution in [0, 0.1) is 18.2 Å². The van der Waals surface area contributed by atoms with E-state index in [1.54, 1.807) is 12.3 Å². The zero-order chi connectivity index (χ0) is 8.55. The Labute approximate surface area is 68.4 Å². The second-order valence-electron chi connectivity index (χ2n) is 2.37. The molecule has 3 heteroatoms. The highest BCUT2D eigenvalue weighted by Gasteiger charge is 2.06. The minimum absolute atomic E-state index is 0.196. The lowest BCUT2D eigenvalue weighted by Crippen LogP contribution is -1.86. The monoisotopic (exact) mass is 160 g/mol. The molecule has 0 aliphatic heterocycles. The molecule has 58 valence electrons. The van der Waals surface area contributed by atoms with Crippen LogP contribution in [-0.4, -0.2) is 9.97 Å². The molecule has 2 aromatic rings. The maximum Gasteiger partial charge on any atom is 0.151 e. The second kappa shape index (κ2) is 2.35. The number of H-pyrrole nitrogens is 1. The molecule has 0 aromatic carbocycles. The number of nitrogens with one attached hydrogen (secondary N) is 1. The number of aromatic nitrogens is 2. The summed E-state index contributed by atoms with van der Waals surface area (Å²) in [6.07, 6.45) is 8.04. The van der Waals surface area contributed by atoms with Gasteiger partial charge in [-0.1, -0.05) is 5.92 Å². The minimum Gasteiger partial charge on any atom is -0.346 e. The van der Waals surface area contributed by atoms with Crippen molar-refractivity contribution in [2.45, 2.75) is 0 Å². The van der Waals surface area contributed by atoms with Gasteiger partial charge in [0.05, 0.1) is 10.9 Å². The minimum atomic E-state index is -0.385. The van der Waals surface area contributed by atoms with Gasteiger partial charge in [-0.25, -0.2) is 9.37 Å². The number of halogens is 1. The van der Waals surface area contributed by atoms with Gasteiger partial charge in [0.15, 0.2) is 5.82 Å². The molecule has 0 aliphatic carbocycles. The number of pyridine rings is 1. The Balaban J connectivity index is 2.89. The molecule has 2 nitrogen and oxygen atoms in total. The number of fused-ring (bicyclic) bond motifs is 1. The largest absolute Gasteiger partial charge is 0.346 e. The molecule has 1 N–H and O–H groups in total. The van der Waals surface area contributed by atoms with Gasteiger partial charge in [-0.2, -0.15) is 0 Å². The fourth-order valence-corrected chi connectivity index (χ4v) is 1.08. The molecular weight excluding hydrogens is 155 g/mol. The van der Waals surface area contributed by atoms with E-state index in [0.717, 1.165) is 0 Å². The van der Waals surface area contributed by atoms with Crippen LogP contribution in [0.1, 0.15) is 5.56 Å². The first-order valence-electron chi connectivity index (χ1n) is 3.41. The van der Waals surface area contributed by atoms with Crippen molar-refractivity contribution in [3.63, 3.8) is 0 Å². The molecule has 2 heterocycles. The summed E-state index contributed by atoms with van der Waals surface area (Å²) in [4.78, 5) is 6.73. The number of hydrogen-bond donors (Lipinski definition) is 1. The summed E-state index contributed by atoms with van der Waals surface area (Å²) >= 11 is 0. The maximum absolute atomic E-state index is 13.3. The highest BCUT2D eigenvalue weighted by Crippen LogP contribution is 2.16.